The lowest BCUT2D eigenvalue weighted by Crippen LogP contribution is -2.40. The summed E-state index contributed by atoms with van der Waals surface area (Å²) in [6.45, 7) is 3.22. The van der Waals surface area contributed by atoms with Crippen molar-refractivity contribution in [3.8, 4) is 0 Å². The van der Waals surface area contributed by atoms with Crippen LogP contribution in [0, 0.1) is 5.82 Å². The van der Waals surface area contributed by atoms with Crippen LogP contribution in [-0.4, -0.2) is 22.6 Å². The minimum atomic E-state index is -0.227. The van der Waals surface area contributed by atoms with Gasteiger partial charge in [-0.1, -0.05) is 12.8 Å². The molecule has 0 spiro atoms. The fourth-order valence-electron chi connectivity index (χ4n) is 2.31. The van der Waals surface area contributed by atoms with Gasteiger partial charge in [-0.3, -0.25) is 0 Å². The smallest absolute Gasteiger partial charge is 0.173 e. The van der Waals surface area contributed by atoms with E-state index in [4.69, 9.17) is 12.2 Å². The van der Waals surface area contributed by atoms with E-state index in [2.05, 4.69) is 17.1 Å². The van der Waals surface area contributed by atoms with Crippen molar-refractivity contribution in [1.29, 1.82) is 0 Å². The Hall–Kier alpha value is -1.16. The van der Waals surface area contributed by atoms with Crippen LogP contribution < -0.4 is 5.32 Å². The predicted octanol–water partition coefficient (Wildman–Crippen LogP) is 3.79. The van der Waals surface area contributed by atoms with Crippen LogP contribution in [0.25, 0.3) is 0 Å². The molecule has 18 heavy (non-hydrogen) atoms. The Balaban J connectivity index is 1.99. The SMILES string of the molecule is CC1CCCCCN1C(=S)Nc1ccc(F)cc1. The van der Waals surface area contributed by atoms with Crippen LogP contribution in [0.15, 0.2) is 24.3 Å². The molecule has 1 aromatic rings. The number of nitrogens with one attached hydrogen (secondary N) is 1. The highest BCUT2D eigenvalue weighted by atomic mass is 32.1. The van der Waals surface area contributed by atoms with Crippen LogP contribution >= 0.6 is 12.2 Å². The second-order valence-electron chi connectivity index (χ2n) is 4.83. The summed E-state index contributed by atoms with van der Waals surface area (Å²) in [6.07, 6.45) is 4.93. The molecule has 1 heterocycles. The van der Waals surface area contributed by atoms with Crippen LogP contribution in [-0.2, 0) is 0 Å². The third-order valence-electron chi connectivity index (χ3n) is 3.41. The Labute approximate surface area is 113 Å². The predicted molar refractivity (Wildman–Crippen MR) is 77.3 cm³/mol. The molecule has 0 saturated carbocycles. The molecule has 98 valence electrons. The number of hydrogen-bond donors (Lipinski definition) is 1. The Morgan fingerprint density at radius 2 is 2.00 bits per heavy atom. The van der Waals surface area contributed by atoms with E-state index in [0.29, 0.717) is 6.04 Å². The van der Waals surface area contributed by atoms with Gasteiger partial charge in [-0.2, -0.15) is 0 Å². The van der Waals surface area contributed by atoms with Crippen LogP contribution in [0.5, 0.6) is 0 Å². The first kappa shape index (κ1) is 13.3. The van der Waals surface area contributed by atoms with Gasteiger partial charge >= 0.3 is 0 Å². The number of thiocarbonyl (C=S) groups is 1. The minimum Gasteiger partial charge on any atom is -0.346 e. The number of hydrogen-bond acceptors (Lipinski definition) is 1. The molecule has 0 aliphatic carbocycles. The molecule has 1 fully saturated rings. The Morgan fingerprint density at radius 1 is 1.28 bits per heavy atom. The first-order valence-electron chi connectivity index (χ1n) is 6.50. The largest absolute Gasteiger partial charge is 0.346 e. The molecule has 0 aromatic heterocycles. The Kier molecular flexibility index (Phi) is 4.53. The van der Waals surface area contributed by atoms with Gasteiger partial charge in [0.25, 0.3) is 0 Å². The number of nitrogens with zero attached hydrogens (tertiary/aromatic N) is 1. The molecule has 4 heteroatoms. The summed E-state index contributed by atoms with van der Waals surface area (Å²) >= 11 is 5.45. The molecule has 2 rings (SSSR count). The van der Waals surface area contributed by atoms with Crippen molar-refractivity contribution >= 4 is 23.0 Å². The van der Waals surface area contributed by atoms with Crippen molar-refractivity contribution in [3.05, 3.63) is 30.1 Å². The van der Waals surface area contributed by atoms with Crippen molar-refractivity contribution in [2.45, 2.75) is 38.6 Å². The highest BCUT2D eigenvalue weighted by Gasteiger charge is 2.19. The van der Waals surface area contributed by atoms with E-state index in [1.54, 1.807) is 12.1 Å². The second kappa shape index (κ2) is 6.14. The van der Waals surface area contributed by atoms with E-state index >= 15 is 0 Å². The van der Waals surface area contributed by atoms with E-state index in [1.165, 1.54) is 37.8 Å². The van der Waals surface area contributed by atoms with Gasteiger partial charge in [0.05, 0.1) is 0 Å². The zero-order valence-electron chi connectivity index (χ0n) is 10.7. The molecule has 1 aliphatic rings. The van der Waals surface area contributed by atoms with Crippen LogP contribution in [0.1, 0.15) is 32.6 Å². The Morgan fingerprint density at radius 3 is 2.72 bits per heavy atom. The first-order valence-corrected chi connectivity index (χ1v) is 6.91. The summed E-state index contributed by atoms with van der Waals surface area (Å²) in [6, 6.07) is 6.79. The molecule has 1 atom stereocenters. The average molecular weight is 266 g/mol. The highest BCUT2D eigenvalue weighted by molar-refractivity contribution is 7.80. The summed E-state index contributed by atoms with van der Waals surface area (Å²) in [5, 5.41) is 3.93. The van der Waals surface area contributed by atoms with Crippen LogP contribution in [0.4, 0.5) is 10.1 Å². The van der Waals surface area contributed by atoms with Crippen molar-refractivity contribution in [3.63, 3.8) is 0 Å². The lowest BCUT2D eigenvalue weighted by atomic mass is 10.1. The maximum atomic E-state index is 12.8. The van der Waals surface area contributed by atoms with Gasteiger partial charge in [-0.15, -0.1) is 0 Å². The van der Waals surface area contributed by atoms with Gasteiger partial charge in [-0.25, -0.2) is 4.39 Å². The second-order valence-corrected chi connectivity index (χ2v) is 5.22. The lowest BCUT2D eigenvalue weighted by molar-refractivity contribution is 0.341. The molecule has 0 radical (unpaired) electrons. The van der Waals surface area contributed by atoms with Crippen LogP contribution in [0.3, 0.4) is 0 Å². The van der Waals surface area contributed by atoms with Gasteiger partial charge in [0.2, 0.25) is 0 Å². The zero-order valence-corrected chi connectivity index (χ0v) is 11.5. The van der Waals surface area contributed by atoms with E-state index < -0.39 is 0 Å². The molecule has 1 saturated heterocycles. The molecule has 2 nitrogen and oxygen atoms in total. The lowest BCUT2D eigenvalue weighted by Gasteiger charge is -2.30. The molecule has 1 N–H and O–H groups in total. The monoisotopic (exact) mass is 266 g/mol. The third-order valence-corrected chi connectivity index (χ3v) is 3.75. The standard InChI is InChI=1S/C14H19FN2S/c1-11-5-3-2-4-10-17(11)14(18)16-13-8-6-12(15)7-9-13/h6-9,11H,2-5,10H2,1H3,(H,16,18). The highest BCUT2D eigenvalue weighted by Crippen LogP contribution is 2.18. The number of anilines is 1. The fraction of sp³-hybridized carbons (Fsp3) is 0.500. The van der Waals surface area contributed by atoms with Gasteiger partial charge in [0, 0.05) is 18.3 Å². The van der Waals surface area contributed by atoms with E-state index in [9.17, 15) is 4.39 Å². The van der Waals surface area contributed by atoms with Crippen LogP contribution in [0.2, 0.25) is 0 Å². The maximum absolute atomic E-state index is 12.8. The topological polar surface area (TPSA) is 15.3 Å². The molecule has 1 aliphatic heterocycles. The van der Waals surface area contributed by atoms with Gasteiger partial charge in [0.15, 0.2) is 5.11 Å². The fourth-order valence-corrected chi connectivity index (χ4v) is 2.69. The summed E-state index contributed by atoms with van der Waals surface area (Å²) in [4.78, 5) is 2.24. The summed E-state index contributed by atoms with van der Waals surface area (Å²) < 4.78 is 12.8. The summed E-state index contributed by atoms with van der Waals surface area (Å²) in [7, 11) is 0. The molecule has 1 aromatic carbocycles. The van der Waals surface area contributed by atoms with E-state index in [-0.39, 0.29) is 5.82 Å². The molecule has 1 unspecified atom stereocenters. The summed E-state index contributed by atoms with van der Waals surface area (Å²) in [5.74, 6) is -0.227. The maximum Gasteiger partial charge on any atom is 0.173 e. The van der Waals surface area contributed by atoms with E-state index in [1.807, 2.05) is 0 Å². The van der Waals surface area contributed by atoms with Gasteiger partial charge < -0.3 is 10.2 Å². The minimum absolute atomic E-state index is 0.227. The number of likely N-dealkylation sites (tertiary alicyclic amines) is 1. The van der Waals surface area contributed by atoms with Crippen molar-refractivity contribution in [2.24, 2.45) is 0 Å². The third kappa shape index (κ3) is 3.42. The molecular weight excluding hydrogens is 247 g/mol. The van der Waals surface area contributed by atoms with Gasteiger partial charge in [0.1, 0.15) is 5.82 Å². The number of benzene rings is 1. The zero-order chi connectivity index (χ0) is 13.0. The number of halogens is 1. The van der Waals surface area contributed by atoms with Crippen molar-refractivity contribution in [1.82, 2.24) is 4.90 Å². The quantitative estimate of drug-likeness (QED) is 0.779. The van der Waals surface area contributed by atoms with Crippen molar-refractivity contribution < 1.29 is 4.39 Å². The summed E-state index contributed by atoms with van der Waals surface area (Å²) in [5.41, 5.74) is 0.845. The molecule has 0 bridgehead atoms. The Bertz CT molecular complexity index is 405. The first-order chi connectivity index (χ1) is 8.66. The van der Waals surface area contributed by atoms with E-state index in [0.717, 1.165) is 17.3 Å². The molecule has 0 amide bonds. The molecular formula is C14H19FN2S. The number of rotatable bonds is 1. The van der Waals surface area contributed by atoms with Crippen molar-refractivity contribution in [2.75, 3.05) is 11.9 Å². The normalized spacial score (nSPS) is 20.3. The average Bonchev–Trinajstić information content (AvgIpc) is 2.57. The van der Waals surface area contributed by atoms with Gasteiger partial charge in [-0.05, 0) is 56.2 Å².